The Balaban J connectivity index is 1.56. The van der Waals surface area contributed by atoms with Gasteiger partial charge in [0.1, 0.15) is 17.3 Å². The van der Waals surface area contributed by atoms with Crippen molar-refractivity contribution in [1.82, 2.24) is 4.57 Å². The van der Waals surface area contributed by atoms with Crippen LogP contribution in [0.25, 0.3) is 10.9 Å². The van der Waals surface area contributed by atoms with E-state index in [1.54, 1.807) is 43.3 Å². The van der Waals surface area contributed by atoms with Gasteiger partial charge in [-0.25, -0.2) is 12.8 Å². The fourth-order valence-corrected chi connectivity index (χ4v) is 5.25. The molecule has 0 unspecified atom stereocenters. The number of rotatable bonds is 5. The molecule has 0 saturated carbocycles. The van der Waals surface area contributed by atoms with E-state index in [2.05, 4.69) is 5.32 Å². The van der Waals surface area contributed by atoms with Gasteiger partial charge in [0.15, 0.2) is 11.5 Å². The van der Waals surface area contributed by atoms with Crippen LogP contribution in [0.3, 0.4) is 0 Å². The number of anilines is 1. The van der Waals surface area contributed by atoms with Crippen molar-refractivity contribution in [2.75, 3.05) is 12.1 Å². The molecule has 5 rings (SSSR count). The first-order valence-corrected chi connectivity index (χ1v) is 12.0. The van der Waals surface area contributed by atoms with Gasteiger partial charge in [0.2, 0.25) is 28.0 Å². The third-order valence-corrected chi connectivity index (χ3v) is 7.35. The topological polar surface area (TPSA) is 104 Å². The molecule has 10 heteroatoms. The summed E-state index contributed by atoms with van der Waals surface area (Å²) in [6.07, 6.45) is 1.15. The third kappa shape index (κ3) is 4.24. The maximum atomic E-state index is 13.3. The molecule has 0 atom stereocenters. The number of ether oxygens (including phenoxy) is 2. The van der Waals surface area contributed by atoms with Gasteiger partial charge in [0, 0.05) is 23.3 Å². The van der Waals surface area contributed by atoms with Crippen LogP contribution in [-0.2, 0) is 21.2 Å². The summed E-state index contributed by atoms with van der Waals surface area (Å²) in [5, 5.41) is 2.90. The van der Waals surface area contributed by atoms with Crippen LogP contribution in [-0.4, -0.2) is 25.7 Å². The summed E-state index contributed by atoms with van der Waals surface area (Å²) in [7, 11) is -4.28. The van der Waals surface area contributed by atoms with Gasteiger partial charge in [-0.2, -0.15) is 0 Å². The Morgan fingerprint density at radius 1 is 1.03 bits per heavy atom. The van der Waals surface area contributed by atoms with Gasteiger partial charge in [-0.05, 0) is 55.5 Å². The number of amides is 1. The highest BCUT2D eigenvalue weighted by Gasteiger charge is 2.24. The number of hydrogen-bond acceptors (Lipinski definition) is 6. The average molecular weight is 495 g/mol. The summed E-state index contributed by atoms with van der Waals surface area (Å²) < 4.78 is 51.9. The SMILES string of the molecule is Cc1ccc2c(c1)c(=O)c(S(=O)(=O)c1ccc(F)cc1)cn2CC(=O)Nc1ccc2c(c1)OCO2. The zero-order chi connectivity index (χ0) is 24.7. The molecule has 1 aromatic heterocycles. The number of benzene rings is 3. The molecule has 4 aromatic rings. The Morgan fingerprint density at radius 2 is 1.77 bits per heavy atom. The number of aryl methyl sites for hydroxylation is 1. The van der Waals surface area contributed by atoms with Crippen molar-refractivity contribution in [3.63, 3.8) is 0 Å². The van der Waals surface area contributed by atoms with Crippen LogP contribution in [0.5, 0.6) is 11.5 Å². The maximum Gasteiger partial charge on any atom is 0.244 e. The number of aromatic nitrogens is 1. The second kappa shape index (κ2) is 8.55. The van der Waals surface area contributed by atoms with E-state index >= 15 is 0 Å². The smallest absolute Gasteiger partial charge is 0.244 e. The van der Waals surface area contributed by atoms with Crippen LogP contribution >= 0.6 is 0 Å². The maximum absolute atomic E-state index is 13.3. The summed E-state index contributed by atoms with van der Waals surface area (Å²) in [5.41, 5.74) is 0.932. The van der Waals surface area contributed by atoms with Crippen molar-refractivity contribution < 1.29 is 27.1 Å². The van der Waals surface area contributed by atoms with Crippen LogP contribution in [0.2, 0.25) is 0 Å². The van der Waals surface area contributed by atoms with Crippen molar-refractivity contribution in [2.24, 2.45) is 0 Å². The lowest BCUT2D eigenvalue weighted by atomic mass is 10.1. The van der Waals surface area contributed by atoms with Crippen molar-refractivity contribution in [3.05, 3.63) is 88.5 Å². The summed E-state index contributed by atoms with van der Waals surface area (Å²) in [6, 6.07) is 14.2. The van der Waals surface area contributed by atoms with E-state index in [1.165, 1.54) is 4.57 Å². The van der Waals surface area contributed by atoms with Crippen molar-refractivity contribution in [1.29, 1.82) is 0 Å². The van der Waals surface area contributed by atoms with Gasteiger partial charge in [0.25, 0.3) is 0 Å². The fourth-order valence-electron chi connectivity index (χ4n) is 3.88. The summed E-state index contributed by atoms with van der Waals surface area (Å²) in [5.74, 6) is 0.0235. The predicted octanol–water partition coefficient (Wildman–Crippen LogP) is 3.65. The van der Waals surface area contributed by atoms with Crippen LogP contribution in [0.4, 0.5) is 10.1 Å². The second-order valence-corrected chi connectivity index (χ2v) is 9.96. The highest BCUT2D eigenvalue weighted by molar-refractivity contribution is 7.91. The van der Waals surface area contributed by atoms with Gasteiger partial charge in [0.05, 0.1) is 10.4 Å². The molecule has 0 fully saturated rings. The Hall–Kier alpha value is -4.18. The number of halogens is 1. The molecular formula is C25H19FN2O6S. The Bertz CT molecular complexity index is 1650. The minimum Gasteiger partial charge on any atom is -0.454 e. The predicted molar refractivity (Wildman–Crippen MR) is 126 cm³/mol. The molecule has 0 bridgehead atoms. The normalized spacial score (nSPS) is 12.6. The number of nitrogens with one attached hydrogen (secondary N) is 1. The number of sulfone groups is 1. The molecule has 0 saturated heterocycles. The number of fused-ring (bicyclic) bond motifs is 2. The average Bonchev–Trinajstić information content (AvgIpc) is 3.29. The molecular weight excluding hydrogens is 475 g/mol. The van der Waals surface area contributed by atoms with Crippen LogP contribution in [0, 0.1) is 12.7 Å². The number of hydrogen-bond donors (Lipinski definition) is 1. The number of carbonyl (C=O) groups is 1. The van der Waals surface area contributed by atoms with E-state index < -0.39 is 31.9 Å². The van der Waals surface area contributed by atoms with Crippen molar-refractivity contribution in [2.45, 2.75) is 23.3 Å². The quantitative estimate of drug-likeness (QED) is 0.425. The molecule has 35 heavy (non-hydrogen) atoms. The van der Waals surface area contributed by atoms with Gasteiger partial charge < -0.3 is 19.4 Å². The molecule has 1 aliphatic heterocycles. The molecule has 0 radical (unpaired) electrons. The van der Waals surface area contributed by atoms with Gasteiger partial charge >= 0.3 is 0 Å². The highest BCUT2D eigenvalue weighted by atomic mass is 32.2. The van der Waals surface area contributed by atoms with Crippen molar-refractivity contribution >= 4 is 32.3 Å². The molecule has 0 aliphatic carbocycles. The number of pyridine rings is 1. The molecule has 3 aromatic carbocycles. The van der Waals surface area contributed by atoms with Gasteiger partial charge in [-0.1, -0.05) is 11.6 Å². The van der Waals surface area contributed by atoms with Gasteiger partial charge in [-0.15, -0.1) is 0 Å². The molecule has 1 N–H and O–H groups in total. The van der Waals surface area contributed by atoms with Crippen LogP contribution in [0.1, 0.15) is 5.56 Å². The Labute approximate surface area is 199 Å². The highest BCUT2D eigenvalue weighted by Crippen LogP contribution is 2.34. The Morgan fingerprint density at radius 3 is 2.54 bits per heavy atom. The molecule has 1 aliphatic rings. The first-order chi connectivity index (χ1) is 16.7. The number of nitrogens with zero attached hydrogens (tertiary/aromatic N) is 1. The van der Waals surface area contributed by atoms with E-state index in [9.17, 15) is 22.4 Å². The molecule has 1 amide bonds. The largest absolute Gasteiger partial charge is 0.454 e. The summed E-state index contributed by atoms with van der Waals surface area (Å²) in [6.45, 7) is 1.61. The van der Waals surface area contributed by atoms with E-state index in [4.69, 9.17) is 9.47 Å². The van der Waals surface area contributed by atoms with E-state index in [1.807, 2.05) is 0 Å². The van der Waals surface area contributed by atoms with Gasteiger partial charge in [-0.3, -0.25) is 9.59 Å². The zero-order valence-corrected chi connectivity index (χ0v) is 19.3. The molecule has 2 heterocycles. The molecule has 8 nitrogen and oxygen atoms in total. The van der Waals surface area contributed by atoms with E-state index in [0.717, 1.165) is 36.0 Å². The first kappa shape index (κ1) is 22.6. The van der Waals surface area contributed by atoms with E-state index in [0.29, 0.717) is 22.7 Å². The second-order valence-electron chi connectivity index (χ2n) is 8.04. The molecule has 178 valence electrons. The lowest BCUT2D eigenvalue weighted by molar-refractivity contribution is -0.116. The third-order valence-electron chi connectivity index (χ3n) is 5.59. The minimum absolute atomic E-state index is 0.0981. The minimum atomic E-state index is -4.28. The van der Waals surface area contributed by atoms with E-state index in [-0.39, 0.29) is 23.6 Å². The summed E-state index contributed by atoms with van der Waals surface area (Å²) in [4.78, 5) is 25.4. The number of carbonyl (C=O) groups excluding carboxylic acids is 1. The van der Waals surface area contributed by atoms with Crippen molar-refractivity contribution in [3.8, 4) is 11.5 Å². The zero-order valence-electron chi connectivity index (χ0n) is 18.4. The lowest BCUT2D eigenvalue weighted by Crippen LogP contribution is -2.24. The lowest BCUT2D eigenvalue weighted by Gasteiger charge is -2.15. The summed E-state index contributed by atoms with van der Waals surface area (Å²) >= 11 is 0. The van der Waals surface area contributed by atoms with Crippen LogP contribution in [0.15, 0.2) is 81.4 Å². The van der Waals surface area contributed by atoms with Crippen LogP contribution < -0.4 is 20.2 Å². The fraction of sp³-hybridized carbons (Fsp3) is 0.120. The Kier molecular flexibility index (Phi) is 5.52. The first-order valence-electron chi connectivity index (χ1n) is 10.6. The standard InChI is InChI=1S/C25H19FN2O6S/c1-15-2-8-20-19(10-15)25(30)23(35(31,32)18-6-3-16(26)4-7-18)12-28(20)13-24(29)27-17-5-9-21-22(11-17)34-14-33-21/h2-12H,13-14H2,1H3,(H,27,29). The monoisotopic (exact) mass is 494 g/mol. The molecule has 0 spiro atoms.